The largest absolute Gasteiger partial charge is 0.342 e. The van der Waals surface area contributed by atoms with E-state index in [1.165, 1.54) is 5.56 Å². The lowest BCUT2D eigenvalue weighted by Crippen LogP contribution is -2.31. The molecule has 116 valence electrons. The molecule has 1 aliphatic rings. The summed E-state index contributed by atoms with van der Waals surface area (Å²) in [5.74, 6) is 0.624. The first-order valence-corrected chi connectivity index (χ1v) is 8.53. The predicted octanol–water partition coefficient (Wildman–Crippen LogP) is 2.47. The summed E-state index contributed by atoms with van der Waals surface area (Å²) in [5, 5.41) is 2.97. The summed E-state index contributed by atoms with van der Waals surface area (Å²) in [6, 6.07) is 8.32. The molecule has 0 aliphatic carbocycles. The van der Waals surface area contributed by atoms with E-state index in [4.69, 9.17) is 5.73 Å². The molecule has 22 heavy (non-hydrogen) atoms. The lowest BCUT2D eigenvalue weighted by molar-refractivity contribution is -0.129. The number of thiazole rings is 1. The summed E-state index contributed by atoms with van der Waals surface area (Å²) in [5.41, 5.74) is 8.89. The summed E-state index contributed by atoms with van der Waals surface area (Å²) < 4.78 is 0. The SMILES string of the molecule is Cc1ccc(-c2nc(CC(=O)N3CCC(CN)C3)cs2)cc1. The van der Waals surface area contributed by atoms with E-state index in [0.29, 0.717) is 18.9 Å². The van der Waals surface area contributed by atoms with E-state index >= 15 is 0 Å². The van der Waals surface area contributed by atoms with Crippen LogP contribution in [0.3, 0.4) is 0 Å². The first kappa shape index (κ1) is 15.2. The zero-order valence-corrected chi connectivity index (χ0v) is 13.6. The molecule has 1 aromatic heterocycles. The topological polar surface area (TPSA) is 59.2 Å². The van der Waals surface area contributed by atoms with E-state index in [1.54, 1.807) is 11.3 Å². The van der Waals surface area contributed by atoms with Gasteiger partial charge in [-0.05, 0) is 25.8 Å². The molecule has 1 fully saturated rings. The minimum atomic E-state index is 0.164. The maximum absolute atomic E-state index is 12.3. The summed E-state index contributed by atoms with van der Waals surface area (Å²) in [6.45, 7) is 4.36. The van der Waals surface area contributed by atoms with Crippen molar-refractivity contribution in [2.75, 3.05) is 19.6 Å². The molecule has 1 atom stereocenters. The highest BCUT2D eigenvalue weighted by Gasteiger charge is 2.25. The number of likely N-dealkylation sites (tertiary alicyclic amines) is 1. The van der Waals surface area contributed by atoms with Crippen LogP contribution in [0.1, 0.15) is 17.7 Å². The highest BCUT2D eigenvalue weighted by molar-refractivity contribution is 7.13. The first-order chi connectivity index (χ1) is 10.7. The molecule has 1 aromatic carbocycles. The molecule has 0 saturated carbocycles. The number of hydrogen-bond donors (Lipinski definition) is 1. The van der Waals surface area contributed by atoms with Gasteiger partial charge in [-0.15, -0.1) is 11.3 Å². The monoisotopic (exact) mass is 315 g/mol. The molecule has 0 bridgehead atoms. The van der Waals surface area contributed by atoms with Crippen LogP contribution in [-0.4, -0.2) is 35.4 Å². The normalized spacial score (nSPS) is 17.9. The maximum Gasteiger partial charge on any atom is 0.228 e. The Morgan fingerprint density at radius 3 is 2.86 bits per heavy atom. The molecular formula is C17H21N3OS. The number of rotatable bonds is 4. The number of carbonyl (C=O) groups excluding carboxylic acids is 1. The van der Waals surface area contributed by atoms with Crippen molar-refractivity contribution in [1.82, 2.24) is 9.88 Å². The van der Waals surface area contributed by atoms with Crippen LogP contribution in [0.25, 0.3) is 10.6 Å². The smallest absolute Gasteiger partial charge is 0.228 e. The predicted molar refractivity (Wildman–Crippen MR) is 89.7 cm³/mol. The third-order valence-corrected chi connectivity index (χ3v) is 5.09. The van der Waals surface area contributed by atoms with Gasteiger partial charge in [0.25, 0.3) is 0 Å². The van der Waals surface area contributed by atoms with Crippen molar-refractivity contribution in [1.29, 1.82) is 0 Å². The Bertz CT molecular complexity index is 650. The lowest BCUT2D eigenvalue weighted by atomic mass is 10.1. The second kappa shape index (κ2) is 6.58. The molecule has 4 nitrogen and oxygen atoms in total. The molecule has 5 heteroatoms. The van der Waals surface area contributed by atoms with E-state index < -0.39 is 0 Å². The van der Waals surface area contributed by atoms with Crippen molar-refractivity contribution < 1.29 is 4.79 Å². The van der Waals surface area contributed by atoms with Crippen molar-refractivity contribution >= 4 is 17.2 Å². The Morgan fingerprint density at radius 1 is 1.41 bits per heavy atom. The highest BCUT2D eigenvalue weighted by Crippen LogP contribution is 2.25. The number of aryl methyl sites for hydroxylation is 1. The number of aromatic nitrogens is 1. The first-order valence-electron chi connectivity index (χ1n) is 7.65. The molecule has 1 saturated heterocycles. The van der Waals surface area contributed by atoms with Gasteiger partial charge < -0.3 is 10.6 Å². The summed E-state index contributed by atoms with van der Waals surface area (Å²) >= 11 is 1.60. The van der Waals surface area contributed by atoms with Crippen molar-refractivity contribution in [3.05, 3.63) is 40.9 Å². The van der Waals surface area contributed by atoms with Crippen molar-refractivity contribution in [3.63, 3.8) is 0 Å². The van der Waals surface area contributed by atoms with Gasteiger partial charge in [0.1, 0.15) is 5.01 Å². The van der Waals surface area contributed by atoms with Gasteiger partial charge in [-0.25, -0.2) is 4.98 Å². The van der Waals surface area contributed by atoms with Gasteiger partial charge in [0.2, 0.25) is 5.91 Å². The van der Waals surface area contributed by atoms with Gasteiger partial charge in [0.05, 0.1) is 12.1 Å². The Kier molecular flexibility index (Phi) is 4.55. The number of nitrogens with zero attached hydrogens (tertiary/aromatic N) is 2. The van der Waals surface area contributed by atoms with Crippen LogP contribution in [0, 0.1) is 12.8 Å². The molecule has 2 aromatic rings. The average Bonchev–Trinajstić information content (AvgIpc) is 3.17. The zero-order valence-electron chi connectivity index (χ0n) is 12.8. The third-order valence-electron chi connectivity index (χ3n) is 4.15. The molecule has 1 amide bonds. The fraction of sp³-hybridized carbons (Fsp3) is 0.412. The maximum atomic E-state index is 12.3. The molecule has 2 heterocycles. The molecular weight excluding hydrogens is 294 g/mol. The van der Waals surface area contributed by atoms with Crippen LogP contribution in [0.5, 0.6) is 0 Å². The quantitative estimate of drug-likeness (QED) is 0.943. The van der Waals surface area contributed by atoms with Gasteiger partial charge in [0, 0.05) is 24.0 Å². The average molecular weight is 315 g/mol. The lowest BCUT2D eigenvalue weighted by Gasteiger charge is -2.15. The number of carbonyl (C=O) groups is 1. The zero-order chi connectivity index (χ0) is 15.5. The Balaban J connectivity index is 1.64. The molecule has 1 unspecified atom stereocenters. The van der Waals surface area contributed by atoms with Gasteiger partial charge in [0.15, 0.2) is 0 Å². The Labute approximate surface area is 135 Å². The fourth-order valence-corrected chi connectivity index (χ4v) is 3.56. The minimum Gasteiger partial charge on any atom is -0.342 e. The Hall–Kier alpha value is -1.72. The van der Waals surface area contributed by atoms with Crippen LogP contribution in [0.4, 0.5) is 0 Å². The Morgan fingerprint density at radius 2 is 2.18 bits per heavy atom. The molecule has 0 radical (unpaired) electrons. The van der Waals surface area contributed by atoms with Crippen LogP contribution < -0.4 is 5.73 Å². The van der Waals surface area contributed by atoms with Crippen LogP contribution in [0.15, 0.2) is 29.6 Å². The van der Waals surface area contributed by atoms with E-state index in [9.17, 15) is 4.79 Å². The molecule has 3 rings (SSSR count). The van der Waals surface area contributed by atoms with Gasteiger partial charge >= 0.3 is 0 Å². The van der Waals surface area contributed by atoms with E-state index in [0.717, 1.165) is 35.8 Å². The number of amides is 1. The summed E-state index contributed by atoms with van der Waals surface area (Å²) in [7, 11) is 0. The van der Waals surface area contributed by atoms with E-state index in [-0.39, 0.29) is 5.91 Å². The summed E-state index contributed by atoms with van der Waals surface area (Å²) in [4.78, 5) is 18.8. The van der Waals surface area contributed by atoms with Crippen molar-refractivity contribution in [2.45, 2.75) is 19.8 Å². The molecule has 1 aliphatic heterocycles. The highest BCUT2D eigenvalue weighted by atomic mass is 32.1. The van der Waals surface area contributed by atoms with Crippen molar-refractivity contribution in [2.24, 2.45) is 11.7 Å². The number of hydrogen-bond acceptors (Lipinski definition) is 4. The van der Waals surface area contributed by atoms with Crippen LogP contribution in [-0.2, 0) is 11.2 Å². The third kappa shape index (κ3) is 3.36. The van der Waals surface area contributed by atoms with Gasteiger partial charge in [-0.2, -0.15) is 0 Å². The minimum absolute atomic E-state index is 0.164. The van der Waals surface area contributed by atoms with Gasteiger partial charge in [-0.3, -0.25) is 4.79 Å². The fourth-order valence-electron chi connectivity index (χ4n) is 2.74. The summed E-state index contributed by atoms with van der Waals surface area (Å²) in [6.07, 6.45) is 1.41. The van der Waals surface area contributed by atoms with Gasteiger partial charge in [-0.1, -0.05) is 29.8 Å². The van der Waals surface area contributed by atoms with E-state index in [2.05, 4.69) is 36.2 Å². The standard InChI is InChI=1S/C17H21N3OS/c1-12-2-4-14(5-3-12)17-19-15(11-22-17)8-16(21)20-7-6-13(9-18)10-20/h2-5,11,13H,6-10,18H2,1H3. The van der Waals surface area contributed by atoms with Crippen LogP contribution in [0.2, 0.25) is 0 Å². The number of nitrogens with two attached hydrogens (primary N) is 1. The second-order valence-corrected chi connectivity index (χ2v) is 6.78. The molecule has 0 spiro atoms. The molecule has 2 N–H and O–H groups in total. The second-order valence-electron chi connectivity index (χ2n) is 5.92. The van der Waals surface area contributed by atoms with Crippen LogP contribution >= 0.6 is 11.3 Å². The van der Waals surface area contributed by atoms with Crippen molar-refractivity contribution in [3.8, 4) is 10.6 Å². The number of benzene rings is 1. The van der Waals surface area contributed by atoms with E-state index in [1.807, 2.05) is 10.3 Å².